The van der Waals surface area contributed by atoms with Crippen LogP contribution in [0, 0.1) is 0 Å². The normalized spacial score (nSPS) is 11.3. The Balaban J connectivity index is 2.36. The number of hydrogen-bond acceptors (Lipinski definition) is 4. The van der Waals surface area contributed by atoms with Gasteiger partial charge in [0, 0.05) is 18.7 Å². The summed E-state index contributed by atoms with van der Waals surface area (Å²) in [6.07, 6.45) is 0. The van der Waals surface area contributed by atoms with E-state index < -0.39 is 10.0 Å². The van der Waals surface area contributed by atoms with E-state index in [2.05, 4.69) is 4.72 Å². The van der Waals surface area contributed by atoms with Crippen molar-refractivity contribution in [3.8, 4) is 5.75 Å². The molecule has 0 spiro atoms. The number of hydrogen-bond donors (Lipinski definition) is 1. The second-order valence-corrected chi connectivity index (χ2v) is 8.31. The minimum Gasteiger partial charge on any atom is -0.495 e. The van der Waals surface area contributed by atoms with Crippen LogP contribution >= 0.6 is 23.2 Å². The molecule has 2 aromatic carbocycles. The first-order chi connectivity index (χ1) is 12.7. The van der Waals surface area contributed by atoms with Gasteiger partial charge in [0.2, 0.25) is 10.0 Å². The summed E-state index contributed by atoms with van der Waals surface area (Å²) in [7, 11) is -1.11. The zero-order valence-electron chi connectivity index (χ0n) is 15.1. The number of amides is 1. The highest BCUT2D eigenvalue weighted by Gasteiger charge is 2.22. The molecule has 0 radical (unpaired) electrons. The van der Waals surface area contributed by atoms with Crippen molar-refractivity contribution >= 4 is 39.1 Å². The lowest BCUT2D eigenvalue weighted by Gasteiger charge is -2.22. The number of ether oxygens (including phenoxy) is 1. The number of carbonyl (C=O) groups is 1. The van der Waals surface area contributed by atoms with Gasteiger partial charge in [0.25, 0.3) is 5.91 Å². The Morgan fingerprint density at radius 3 is 2.41 bits per heavy atom. The van der Waals surface area contributed by atoms with Gasteiger partial charge in [0.05, 0.1) is 17.2 Å². The Hall–Kier alpha value is -1.80. The Morgan fingerprint density at radius 2 is 1.85 bits per heavy atom. The molecule has 0 aromatic heterocycles. The standard InChI is InChI=1S/C18H20Cl2N2O4S/c1-4-22(11-12-5-7-14(19)15(20)9-12)18(23)13-6-8-16(26-3)17(10-13)27(24,25)21-2/h5-10,21H,4,11H2,1-3H3. The summed E-state index contributed by atoms with van der Waals surface area (Å²) in [5.41, 5.74) is 1.06. The average molecular weight is 431 g/mol. The van der Waals surface area contributed by atoms with Gasteiger partial charge in [-0.15, -0.1) is 0 Å². The number of nitrogens with zero attached hydrogens (tertiary/aromatic N) is 1. The quantitative estimate of drug-likeness (QED) is 0.728. The van der Waals surface area contributed by atoms with Gasteiger partial charge in [0.15, 0.2) is 0 Å². The second kappa shape index (κ2) is 8.93. The Labute approximate surface area is 169 Å². The molecule has 0 saturated heterocycles. The van der Waals surface area contributed by atoms with Crippen LogP contribution in [0.2, 0.25) is 10.0 Å². The molecule has 0 atom stereocenters. The minimum atomic E-state index is -3.78. The van der Waals surface area contributed by atoms with E-state index in [0.717, 1.165) is 5.56 Å². The average Bonchev–Trinajstić information content (AvgIpc) is 2.67. The van der Waals surface area contributed by atoms with Gasteiger partial charge in [-0.25, -0.2) is 13.1 Å². The van der Waals surface area contributed by atoms with Gasteiger partial charge in [-0.2, -0.15) is 0 Å². The summed E-state index contributed by atoms with van der Waals surface area (Å²) in [5.74, 6) is -0.146. The lowest BCUT2D eigenvalue weighted by atomic mass is 10.1. The second-order valence-electron chi connectivity index (χ2n) is 5.64. The first-order valence-corrected chi connectivity index (χ1v) is 10.3. The molecule has 146 valence electrons. The fourth-order valence-electron chi connectivity index (χ4n) is 2.50. The highest BCUT2D eigenvalue weighted by Crippen LogP contribution is 2.26. The predicted octanol–water partition coefficient (Wildman–Crippen LogP) is 3.57. The molecule has 1 amide bonds. The van der Waals surface area contributed by atoms with Gasteiger partial charge in [-0.1, -0.05) is 29.3 Å². The number of carbonyl (C=O) groups excluding carboxylic acids is 1. The van der Waals surface area contributed by atoms with Gasteiger partial charge in [-0.3, -0.25) is 4.79 Å². The van der Waals surface area contributed by atoms with Gasteiger partial charge < -0.3 is 9.64 Å². The van der Waals surface area contributed by atoms with Crippen molar-refractivity contribution in [2.24, 2.45) is 0 Å². The molecule has 0 aliphatic rings. The zero-order chi connectivity index (χ0) is 20.2. The third kappa shape index (κ3) is 4.93. The molecule has 9 heteroatoms. The molecule has 2 aromatic rings. The van der Waals surface area contributed by atoms with Crippen molar-refractivity contribution in [2.75, 3.05) is 20.7 Å². The monoisotopic (exact) mass is 430 g/mol. The van der Waals surface area contributed by atoms with Gasteiger partial charge in [-0.05, 0) is 49.9 Å². The molecule has 1 N–H and O–H groups in total. The topological polar surface area (TPSA) is 75.7 Å². The minimum absolute atomic E-state index is 0.0936. The van der Waals surface area contributed by atoms with Crippen LogP contribution in [0.15, 0.2) is 41.3 Å². The van der Waals surface area contributed by atoms with E-state index in [4.69, 9.17) is 27.9 Å². The van der Waals surface area contributed by atoms with Crippen LogP contribution in [0.25, 0.3) is 0 Å². The Bertz CT molecular complexity index is 948. The molecule has 27 heavy (non-hydrogen) atoms. The van der Waals surface area contributed by atoms with Crippen LogP contribution in [-0.2, 0) is 16.6 Å². The number of rotatable bonds is 7. The van der Waals surface area contributed by atoms with Crippen molar-refractivity contribution in [1.29, 1.82) is 0 Å². The van der Waals surface area contributed by atoms with Crippen LogP contribution in [0.3, 0.4) is 0 Å². The summed E-state index contributed by atoms with van der Waals surface area (Å²) in [6.45, 7) is 2.58. The molecule has 0 aliphatic carbocycles. The number of halogens is 2. The van der Waals surface area contributed by atoms with E-state index >= 15 is 0 Å². The summed E-state index contributed by atoms with van der Waals surface area (Å²) in [6, 6.07) is 9.46. The molecule has 0 saturated carbocycles. The van der Waals surface area contributed by atoms with E-state index in [1.807, 2.05) is 6.92 Å². The highest BCUT2D eigenvalue weighted by atomic mass is 35.5. The van der Waals surface area contributed by atoms with Crippen molar-refractivity contribution in [3.05, 3.63) is 57.6 Å². The summed E-state index contributed by atoms with van der Waals surface area (Å²) >= 11 is 12.0. The van der Waals surface area contributed by atoms with Crippen LogP contribution < -0.4 is 9.46 Å². The molecule has 0 aliphatic heterocycles. The molecule has 0 heterocycles. The summed E-state index contributed by atoms with van der Waals surface area (Å²) in [5, 5.41) is 0.844. The molecule has 2 rings (SSSR count). The third-order valence-electron chi connectivity index (χ3n) is 4.00. The number of sulfonamides is 1. The van der Waals surface area contributed by atoms with Gasteiger partial charge in [0.1, 0.15) is 10.6 Å². The maximum Gasteiger partial charge on any atom is 0.254 e. The van der Waals surface area contributed by atoms with Crippen LogP contribution in [0.4, 0.5) is 0 Å². The molecule has 0 fully saturated rings. The summed E-state index contributed by atoms with van der Waals surface area (Å²) in [4.78, 5) is 14.4. The lowest BCUT2D eigenvalue weighted by molar-refractivity contribution is 0.0752. The fourth-order valence-corrected chi connectivity index (χ4v) is 3.74. The molecular weight excluding hydrogens is 411 g/mol. The lowest BCUT2D eigenvalue weighted by Crippen LogP contribution is -2.30. The summed E-state index contributed by atoms with van der Waals surface area (Å²) < 4.78 is 31.8. The fraction of sp³-hybridized carbons (Fsp3) is 0.278. The smallest absolute Gasteiger partial charge is 0.254 e. The van der Waals surface area contributed by atoms with E-state index in [-0.39, 0.29) is 22.1 Å². The Morgan fingerprint density at radius 1 is 1.15 bits per heavy atom. The number of nitrogens with one attached hydrogen (secondary N) is 1. The molecule has 6 nitrogen and oxygen atoms in total. The van der Waals surface area contributed by atoms with Crippen molar-refractivity contribution in [3.63, 3.8) is 0 Å². The largest absolute Gasteiger partial charge is 0.495 e. The predicted molar refractivity (Wildman–Crippen MR) is 106 cm³/mol. The van der Waals surface area contributed by atoms with E-state index in [0.29, 0.717) is 23.1 Å². The zero-order valence-corrected chi connectivity index (χ0v) is 17.5. The Kier molecular flexibility index (Phi) is 7.11. The maximum absolute atomic E-state index is 12.9. The SMILES string of the molecule is CCN(Cc1ccc(Cl)c(Cl)c1)C(=O)c1ccc(OC)c(S(=O)(=O)NC)c1. The number of benzene rings is 2. The van der Waals surface area contributed by atoms with Crippen molar-refractivity contribution in [1.82, 2.24) is 9.62 Å². The molecule has 0 unspecified atom stereocenters. The highest BCUT2D eigenvalue weighted by molar-refractivity contribution is 7.89. The first-order valence-electron chi connectivity index (χ1n) is 8.08. The third-order valence-corrected chi connectivity index (χ3v) is 6.17. The van der Waals surface area contributed by atoms with Crippen LogP contribution in [0.1, 0.15) is 22.8 Å². The van der Waals surface area contributed by atoms with Crippen molar-refractivity contribution < 1.29 is 17.9 Å². The maximum atomic E-state index is 12.9. The van der Waals surface area contributed by atoms with Crippen molar-refractivity contribution in [2.45, 2.75) is 18.4 Å². The molecular formula is C18H20Cl2N2O4S. The van der Waals surface area contributed by atoms with Crippen LogP contribution in [-0.4, -0.2) is 39.9 Å². The first kappa shape index (κ1) is 21.5. The van der Waals surface area contributed by atoms with Gasteiger partial charge >= 0.3 is 0 Å². The number of methoxy groups -OCH3 is 1. The van der Waals surface area contributed by atoms with E-state index in [1.54, 1.807) is 23.1 Å². The van der Waals surface area contributed by atoms with E-state index in [1.165, 1.54) is 32.4 Å². The van der Waals surface area contributed by atoms with Crippen LogP contribution in [0.5, 0.6) is 5.75 Å². The molecule has 0 bridgehead atoms. The van der Waals surface area contributed by atoms with E-state index in [9.17, 15) is 13.2 Å².